The number of nitrogens with one attached hydrogen (secondary N) is 1. The van der Waals surface area contributed by atoms with Gasteiger partial charge in [0.05, 0.1) is 16.6 Å². The molecule has 9 nitrogen and oxygen atoms in total. The molecule has 1 aromatic heterocycles. The van der Waals surface area contributed by atoms with E-state index in [1.54, 1.807) is 17.6 Å². The fourth-order valence-electron chi connectivity index (χ4n) is 2.81. The molecule has 0 atom stereocenters. The Morgan fingerprint density at radius 1 is 1.31 bits per heavy atom. The molecule has 1 aliphatic rings. The number of carbonyl (C=O) groups is 3. The molecule has 1 saturated heterocycles. The second kappa shape index (κ2) is 6.95. The van der Waals surface area contributed by atoms with Gasteiger partial charge in [-0.25, -0.2) is 14.6 Å². The molecule has 2 heterocycles. The van der Waals surface area contributed by atoms with Crippen LogP contribution < -0.4 is 10.9 Å². The lowest BCUT2D eigenvalue weighted by atomic mass is 10.2. The lowest BCUT2D eigenvalue weighted by Gasteiger charge is -2.12. The summed E-state index contributed by atoms with van der Waals surface area (Å²) < 4.78 is 6.58. The number of hydrogen-bond donors (Lipinski definition) is 1. The quantitative estimate of drug-likeness (QED) is 0.794. The van der Waals surface area contributed by atoms with Crippen LogP contribution in [0, 0.1) is 6.92 Å². The zero-order chi connectivity index (χ0) is 18.8. The van der Waals surface area contributed by atoms with E-state index in [4.69, 9.17) is 4.74 Å². The number of benzene rings is 1. The SMILES string of the molecule is CCn1c(=O)c(C)nc2cc(C(=O)OCC(=O)N3CCNC3=O)ccc21. The van der Waals surface area contributed by atoms with Crippen molar-refractivity contribution in [1.29, 1.82) is 0 Å². The fraction of sp³-hybridized carbons (Fsp3) is 0.353. The molecule has 0 unspecified atom stereocenters. The first-order valence-electron chi connectivity index (χ1n) is 8.19. The molecule has 0 saturated carbocycles. The Morgan fingerprint density at radius 2 is 2.08 bits per heavy atom. The van der Waals surface area contributed by atoms with Crippen LogP contribution in [0.4, 0.5) is 4.79 Å². The van der Waals surface area contributed by atoms with Crippen LogP contribution in [0.25, 0.3) is 11.0 Å². The molecule has 0 radical (unpaired) electrons. The molecule has 0 aliphatic carbocycles. The van der Waals surface area contributed by atoms with Gasteiger partial charge in [0.25, 0.3) is 11.5 Å². The first-order valence-corrected chi connectivity index (χ1v) is 8.19. The summed E-state index contributed by atoms with van der Waals surface area (Å²) >= 11 is 0. The smallest absolute Gasteiger partial charge is 0.338 e. The van der Waals surface area contributed by atoms with E-state index in [1.807, 2.05) is 6.92 Å². The zero-order valence-electron chi connectivity index (χ0n) is 14.4. The maximum atomic E-state index is 12.2. The minimum atomic E-state index is -0.700. The van der Waals surface area contributed by atoms with Gasteiger partial charge >= 0.3 is 12.0 Å². The highest BCUT2D eigenvalue weighted by Gasteiger charge is 2.27. The molecule has 0 spiro atoms. The van der Waals surface area contributed by atoms with Crippen LogP contribution in [0.2, 0.25) is 0 Å². The second-order valence-electron chi connectivity index (χ2n) is 5.80. The second-order valence-corrected chi connectivity index (χ2v) is 5.80. The highest BCUT2D eigenvalue weighted by atomic mass is 16.5. The Hall–Kier alpha value is -3.23. The topological polar surface area (TPSA) is 111 Å². The Balaban J connectivity index is 1.78. The number of amides is 3. The van der Waals surface area contributed by atoms with Gasteiger partial charge in [0.1, 0.15) is 5.69 Å². The third-order valence-corrected chi connectivity index (χ3v) is 4.15. The zero-order valence-corrected chi connectivity index (χ0v) is 14.4. The molecule has 1 aliphatic heterocycles. The molecule has 136 valence electrons. The fourth-order valence-corrected chi connectivity index (χ4v) is 2.81. The average molecular weight is 358 g/mol. The molecule has 9 heteroatoms. The van der Waals surface area contributed by atoms with Crippen LogP contribution in [0.1, 0.15) is 23.0 Å². The van der Waals surface area contributed by atoms with Crippen molar-refractivity contribution in [1.82, 2.24) is 19.8 Å². The van der Waals surface area contributed by atoms with Crippen LogP contribution in [-0.2, 0) is 16.1 Å². The van der Waals surface area contributed by atoms with Gasteiger partial charge in [-0.05, 0) is 32.0 Å². The van der Waals surface area contributed by atoms with Gasteiger partial charge in [-0.1, -0.05) is 0 Å². The summed E-state index contributed by atoms with van der Waals surface area (Å²) in [6, 6.07) is 4.16. The standard InChI is InChI=1S/C17H18N4O5/c1-3-20-13-5-4-11(8-12(13)19-10(2)15(20)23)16(24)26-9-14(22)21-7-6-18-17(21)25/h4-5,8H,3,6-7,9H2,1-2H3,(H,18,25). The molecule has 3 rings (SSSR count). The monoisotopic (exact) mass is 358 g/mol. The van der Waals surface area contributed by atoms with Crippen molar-refractivity contribution in [3.63, 3.8) is 0 Å². The number of esters is 1. The average Bonchev–Trinajstić information content (AvgIpc) is 3.06. The number of rotatable bonds is 4. The summed E-state index contributed by atoms with van der Waals surface area (Å²) in [6.45, 7) is 4.05. The minimum Gasteiger partial charge on any atom is -0.452 e. The Labute approximate surface area is 148 Å². The van der Waals surface area contributed by atoms with Crippen LogP contribution in [-0.4, -0.2) is 52.1 Å². The number of nitrogens with zero attached hydrogens (tertiary/aromatic N) is 3. The normalized spacial score (nSPS) is 13.8. The molecule has 3 amide bonds. The van der Waals surface area contributed by atoms with E-state index in [0.717, 1.165) is 4.90 Å². The number of urea groups is 1. The molecular weight excluding hydrogens is 340 g/mol. The Bertz CT molecular complexity index is 966. The van der Waals surface area contributed by atoms with Gasteiger partial charge in [0.15, 0.2) is 6.61 Å². The number of carbonyl (C=O) groups excluding carboxylic acids is 3. The van der Waals surface area contributed by atoms with Crippen LogP contribution in [0.5, 0.6) is 0 Å². The van der Waals surface area contributed by atoms with Crippen LogP contribution in [0.15, 0.2) is 23.0 Å². The number of fused-ring (bicyclic) bond motifs is 1. The van der Waals surface area contributed by atoms with E-state index in [-0.39, 0.29) is 17.7 Å². The van der Waals surface area contributed by atoms with E-state index in [9.17, 15) is 19.2 Å². The predicted molar refractivity (Wildman–Crippen MR) is 91.8 cm³/mol. The van der Waals surface area contributed by atoms with Crippen molar-refractivity contribution >= 4 is 28.9 Å². The molecule has 1 fully saturated rings. The van der Waals surface area contributed by atoms with Gasteiger partial charge in [0.2, 0.25) is 0 Å². The Kier molecular flexibility index (Phi) is 4.70. The number of aromatic nitrogens is 2. The van der Waals surface area contributed by atoms with Gasteiger partial charge in [0, 0.05) is 19.6 Å². The van der Waals surface area contributed by atoms with E-state index in [1.165, 1.54) is 12.1 Å². The van der Waals surface area contributed by atoms with Crippen molar-refractivity contribution in [3.05, 3.63) is 39.8 Å². The van der Waals surface area contributed by atoms with Crippen LogP contribution >= 0.6 is 0 Å². The largest absolute Gasteiger partial charge is 0.452 e. The molecule has 26 heavy (non-hydrogen) atoms. The molecule has 0 bridgehead atoms. The number of aryl methyl sites for hydroxylation is 2. The maximum absolute atomic E-state index is 12.2. The van der Waals surface area contributed by atoms with E-state index < -0.39 is 24.5 Å². The summed E-state index contributed by atoms with van der Waals surface area (Å²) in [7, 11) is 0. The highest BCUT2D eigenvalue weighted by Crippen LogP contribution is 2.14. The third-order valence-electron chi connectivity index (χ3n) is 4.15. The highest BCUT2D eigenvalue weighted by molar-refractivity contribution is 5.98. The molecule has 2 aromatic rings. The minimum absolute atomic E-state index is 0.176. The van der Waals surface area contributed by atoms with Gasteiger partial charge in [-0.2, -0.15) is 0 Å². The van der Waals surface area contributed by atoms with E-state index >= 15 is 0 Å². The lowest BCUT2D eigenvalue weighted by Crippen LogP contribution is -2.37. The number of ether oxygens (including phenoxy) is 1. The maximum Gasteiger partial charge on any atom is 0.338 e. The van der Waals surface area contributed by atoms with Crippen LogP contribution in [0.3, 0.4) is 0 Å². The van der Waals surface area contributed by atoms with Gasteiger partial charge in [-0.15, -0.1) is 0 Å². The van der Waals surface area contributed by atoms with E-state index in [2.05, 4.69) is 10.3 Å². The van der Waals surface area contributed by atoms with Crippen molar-refractivity contribution in [2.24, 2.45) is 0 Å². The Morgan fingerprint density at radius 3 is 2.73 bits per heavy atom. The van der Waals surface area contributed by atoms with Crippen molar-refractivity contribution < 1.29 is 19.1 Å². The third kappa shape index (κ3) is 3.15. The van der Waals surface area contributed by atoms with E-state index in [0.29, 0.717) is 29.8 Å². The van der Waals surface area contributed by atoms with Crippen molar-refractivity contribution in [2.45, 2.75) is 20.4 Å². The predicted octanol–water partition coefficient (Wildman–Crippen LogP) is 0.433. The summed E-state index contributed by atoms with van der Waals surface area (Å²) in [5.74, 6) is -1.28. The number of hydrogen-bond acceptors (Lipinski definition) is 6. The summed E-state index contributed by atoms with van der Waals surface area (Å²) in [5, 5.41) is 2.50. The van der Waals surface area contributed by atoms with Crippen molar-refractivity contribution in [3.8, 4) is 0 Å². The summed E-state index contributed by atoms with van der Waals surface area (Å²) in [4.78, 5) is 52.8. The first kappa shape index (κ1) is 17.6. The van der Waals surface area contributed by atoms with Gasteiger partial charge < -0.3 is 14.6 Å². The number of imide groups is 1. The van der Waals surface area contributed by atoms with Gasteiger partial charge in [-0.3, -0.25) is 14.5 Å². The summed E-state index contributed by atoms with van der Waals surface area (Å²) in [5.41, 5.74) is 1.47. The molecular formula is C17H18N4O5. The first-order chi connectivity index (χ1) is 12.4. The molecule has 1 N–H and O–H groups in total. The van der Waals surface area contributed by atoms with Crippen molar-refractivity contribution in [2.75, 3.05) is 19.7 Å². The molecule has 1 aromatic carbocycles. The lowest BCUT2D eigenvalue weighted by molar-refractivity contribution is -0.130. The summed E-state index contributed by atoms with van der Waals surface area (Å²) in [6.07, 6.45) is 0.